The van der Waals surface area contributed by atoms with Crippen LogP contribution < -0.4 is 10.6 Å². The van der Waals surface area contributed by atoms with Gasteiger partial charge in [0.1, 0.15) is 11.6 Å². The van der Waals surface area contributed by atoms with Gasteiger partial charge in [0.2, 0.25) is 0 Å². The molecule has 2 rings (SSSR count). The third-order valence-electron chi connectivity index (χ3n) is 2.57. The number of anilines is 2. The molecule has 2 aromatic rings. The molecule has 4 nitrogen and oxygen atoms in total. The van der Waals surface area contributed by atoms with Gasteiger partial charge in [-0.25, -0.2) is 13.6 Å². The summed E-state index contributed by atoms with van der Waals surface area (Å²) in [5, 5.41) is 14.2. The smallest absolute Gasteiger partial charge is 0.335 e. The van der Waals surface area contributed by atoms with Crippen LogP contribution in [-0.2, 0) is 0 Å². The molecule has 3 N–H and O–H groups in total. The van der Waals surface area contributed by atoms with Crippen LogP contribution in [0.1, 0.15) is 10.4 Å². The monoisotopic (exact) mass is 308 g/mol. The Balaban J connectivity index is 2.02. The summed E-state index contributed by atoms with van der Waals surface area (Å²) in [5.74, 6) is -2.47. The number of benzene rings is 2. The summed E-state index contributed by atoms with van der Waals surface area (Å²) >= 11 is 5.00. The minimum atomic E-state index is -1.03. The maximum absolute atomic E-state index is 13.4. The van der Waals surface area contributed by atoms with E-state index in [0.717, 1.165) is 12.1 Å². The number of aromatic carboxylic acids is 1. The van der Waals surface area contributed by atoms with E-state index in [1.54, 1.807) is 0 Å². The molecule has 0 amide bonds. The number of carboxylic acid groups (broad SMARTS) is 1. The van der Waals surface area contributed by atoms with Gasteiger partial charge in [0, 0.05) is 11.8 Å². The van der Waals surface area contributed by atoms with Crippen LogP contribution in [0.4, 0.5) is 20.2 Å². The highest BCUT2D eigenvalue weighted by molar-refractivity contribution is 7.80. The van der Waals surface area contributed by atoms with E-state index in [4.69, 9.17) is 17.3 Å². The summed E-state index contributed by atoms with van der Waals surface area (Å²) < 4.78 is 26.2. The molecular weight excluding hydrogens is 298 g/mol. The van der Waals surface area contributed by atoms with Crippen molar-refractivity contribution in [2.75, 3.05) is 10.6 Å². The molecule has 0 aliphatic heterocycles. The molecule has 7 heteroatoms. The molecule has 0 saturated heterocycles. The van der Waals surface area contributed by atoms with Gasteiger partial charge in [0.05, 0.1) is 11.3 Å². The Kier molecular flexibility index (Phi) is 4.44. The summed E-state index contributed by atoms with van der Waals surface area (Å²) in [4.78, 5) is 10.7. The number of carbonyl (C=O) groups is 1. The van der Waals surface area contributed by atoms with Crippen molar-refractivity contribution in [3.05, 3.63) is 59.7 Å². The first kappa shape index (κ1) is 14.9. The lowest BCUT2D eigenvalue weighted by Crippen LogP contribution is -2.19. The lowest BCUT2D eigenvalue weighted by atomic mass is 10.2. The number of carboxylic acids is 1. The zero-order chi connectivity index (χ0) is 15.4. The van der Waals surface area contributed by atoms with Crippen LogP contribution in [0.2, 0.25) is 0 Å². The first-order valence-electron chi connectivity index (χ1n) is 5.82. The third kappa shape index (κ3) is 3.96. The maximum Gasteiger partial charge on any atom is 0.335 e. The van der Waals surface area contributed by atoms with E-state index in [1.165, 1.54) is 30.3 Å². The topological polar surface area (TPSA) is 61.4 Å². The van der Waals surface area contributed by atoms with Crippen molar-refractivity contribution < 1.29 is 18.7 Å². The van der Waals surface area contributed by atoms with Crippen molar-refractivity contribution in [1.82, 2.24) is 0 Å². The SMILES string of the molecule is O=C(O)c1ccc(NC(=S)Nc2ccc(F)cc2F)cc1. The Morgan fingerprint density at radius 2 is 1.71 bits per heavy atom. The van der Waals surface area contributed by atoms with E-state index in [1.807, 2.05) is 0 Å². The largest absolute Gasteiger partial charge is 0.478 e. The van der Waals surface area contributed by atoms with Crippen LogP contribution in [0.3, 0.4) is 0 Å². The first-order chi connectivity index (χ1) is 9.95. The van der Waals surface area contributed by atoms with E-state index in [-0.39, 0.29) is 16.4 Å². The van der Waals surface area contributed by atoms with Gasteiger partial charge in [-0.1, -0.05) is 0 Å². The predicted octanol–water partition coefficient (Wildman–Crippen LogP) is 3.47. The van der Waals surface area contributed by atoms with Crippen molar-refractivity contribution in [3.63, 3.8) is 0 Å². The van der Waals surface area contributed by atoms with Crippen LogP contribution in [0.25, 0.3) is 0 Å². The molecular formula is C14H10F2N2O2S. The van der Waals surface area contributed by atoms with Crippen LogP contribution in [0.5, 0.6) is 0 Å². The Hall–Kier alpha value is -2.54. The lowest BCUT2D eigenvalue weighted by molar-refractivity contribution is 0.0697. The van der Waals surface area contributed by atoms with Gasteiger partial charge in [-0.2, -0.15) is 0 Å². The molecule has 0 atom stereocenters. The van der Waals surface area contributed by atoms with Gasteiger partial charge in [0.25, 0.3) is 0 Å². The Bertz CT molecular complexity index is 690. The van der Waals surface area contributed by atoms with Crippen molar-refractivity contribution in [1.29, 1.82) is 0 Å². The molecule has 21 heavy (non-hydrogen) atoms. The van der Waals surface area contributed by atoms with Crippen molar-refractivity contribution in [3.8, 4) is 0 Å². The maximum atomic E-state index is 13.4. The highest BCUT2D eigenvalue weighted by atomic mass is 32.1. The van der Waals surface area contributed by atoms with Crippen molar-refractivity contribution in [2.24, 2.45) is 0 Å². The molecule has 108 valence electrons. The Morgan fingerprint density at radius 1 is 1.05 bits per heavy atom. The second-order valence-corrected chi connectivity index (χ2v) is 4.49. The predicted molar refractivity (Wildman–Crippen MR) is 79.6 cm³/mol. The minimum absolute atomic E-state index is 0.0380. The first-order valence-corrected chi connectivity index (χ1v) is 6.23. The van der Waals surface area contributed by atoms with Gasteiger partial charge in [-0.15, -0.1) is 0 Å². The average Bonchev–Trinajstić information content (AvgIpc) is 2.42. The minimum Gasteiger partial charge on any atom is -0.478 e. The molecule has 0 fully saturated rings. The van der Waals surface area contributed by atoms with Crippen LogP contribution in [0.15, 0.2) is 42.5 Å². The zero-order valence-electron chi connectivity index (χ0n) is 10.6. The van der Waals surface area contributed by atoms with E-state index in [9.17, 15) is 13.6 Å². The van der Waals surface area contributed by atoms with Gasteiger partial charge < -0.3 is 15.7 Å². The number of hydrogen-bond donors (Lipinski definition) is 3. The quantitative estimate of drug-likeness (QED) is 0.758. The van der Waals surface area contributed by atoms with E-state index in [0.29, 0.717) is 5.69 Å². The molecule has 0 aromatic heterocycles. The second-order valence-electron chi connectivity index (χ2n) is 4.09. The number of thiocarbonyl (C=S) groups is 1. The standard InChI is InChI=1S/C14H10F2N2O2S/c15-9-3-6-12(11(16)7-9)18-14(21)17-10-4-1-8(2-5-10)13(19)20/h1-7H,(H,19,20)(H2,17,18,21). The summed E-state index contributed by atoms with van der Waals surface area (Å²) in [6.45, 7) is 0. The molecule has 0 radical (unpaired) electrons. The van der Waals surface area contributed by atoms with Crippen LogP contribution in [0, 0.1) is 11.6 Å². The molecule has 0 spiro atoms. The molecule has 2 aromatic carbocycles. The summed E-state index contributed by atoms with van der Waals surface area (Å²) in [7, 11) is 0. The van der Waals surface area contributed by atoms with Gasteiger partial charge in [-0.3, -0.25) is 0 Å². The van der Waals surface area contributed by atoms with Gasteiger partial charge in [0.15, 0.2) is 5.11 Å². The summed E-state index contributed by atoms with van der Waals surface area (Å²) in [5.41, 5.74) is 0.722. The number of hydrogen-bond acceptors (Lipinski definition) is 2. The molecule has 0 aliphatic carbocycles. The average molecular weight is 308 g/mol. The molecule has 0 unspecified atom stereocenters. The Morgan fingerprint density at radius 3 is 2.29 bits per heavy atom. The fourth-order valence-corrected chi connectivity index (χ4v) is 1.80. The zero-order valence-corrected chi connectivity index (χ0v) is 11.4. The van der Waals surface area contributed by atoms with Crippen molar-refractivity contribution in [2.45, 2.75) is 0 Å². The molecule has 0 heterocycles. The van der Waals surface area contributed by atoms with E-state index < -0.39 is 17.6 Å². The fraction of sp³-hybridized carbons (Fsp3) is 0. The lowest BCUT2D eigenvalue weighted by Gasteiger charge is -2.11. The Labute approximate surface area is 124 Å². The van der Waals surface area contributed by atoms with Crippen LogP contribution >= 0.6 is 12.2 Å². The molecule has 0 aliphatic rings. The highest BCUT2D eigenvalue weighted by Gasteiger charge is 2.06. The number of halogens is 2. The summed E-state index contributed by atoms with van der Waals surface area (Å²) in [6, 6.07) is 8.95. The number of nitrogens with one attached hydrogen (secondary N) is 2. The fourth-order valence-electron chi connectivity index (χ4n) is 1.57. The highest BCUT2D eigenvalue weighted by Crippen LogP contribution is 2.16. The van der Waals surface area contributed by atoms with E-state index >= 15 is 0 Å². The van der Waals surface area contributed by atoms with Crippen molar-refractivity contribution >= 4 is 34.7 Å². The van der Waals surface area contributed by atoms with Gasteiger partial charge in [-0.05, 0) is 48.6 Å². The normalized spacial score (nSPS) is 10.0. The third-order valence-corrected chi connectivity index (χ3v) is 2.77. The van der Waals surface area contributed by atoms with Crippen LogP contribution in [-0.4, -0.2) is 16.2 Å². The van der Waals surface area contributed by atoms with Gasteiger partial charge >= 0.3 is 5.97 Å². The second kappa shape index (κ2) is 6.27. The molecule has 0 bridgehead atoms. The molecule has 0 saturated carbocycles. The number of rotatable bonds is 3. The van der Waals surface area contributed by atoms with E-state index in [2.05, 4.69) is 10.6 Å². The summed E-state index contributed by atoms with van der Waals surface area (Å²) in [6.07, 6.45) is 0.